The van der Waals surface area contributed by atoms with Crippen LogP contribution in [-0.4, -0.2) is 52.4 Å². The number of carbonyl (C=O) groups excluding carboxylic acids is 2. The average molecular weight is 275 g/mol. The van der Waals surface area contributed by atoms with Crippen LogP contribution in [-0.2, 0) is 11.8 Å². The fourth-order valence-corrected chi connectivity index (χ4v) is 2.86. The van der Waals surface area contributed by atoms with Crippen molar-refractivity contribution in [2.45, 2.75) is 19.3 Å². The van der Waals surface area contributed by atoms with Crippen molar-refractivity contribution in [1.29, 1.82) is 0 Å². The zero-order valence-electron chi connectivity index (χ0n) is 11.9. The summed E-state index contributed by atoms with van der Waals surface area (Å²) in [4.78, 5) is 28.2. The molecule has 2 amide bonds. The number of rotatable bonds is 2. The lowest BCUT2D eigenvalue weighted by atomic mass is 9.84. The second-order valence-electron chi connectivity index (χ2n) is 5.81. The molecule has 0 spiro atoms. The average Bonchev–Trinajstić information content (AvgIpc) is 2.83. The molecule has 1 aromatic rings. The first-order valence-electron chi connectivity index (χ1n) is 7.35. The Morgan fingerprint density at radius 3 is 2.25 bits per heavy atom. The van der Waals surface area contributed by atoms with Crippen molar-refractivity contribution >= 4 is 11.8 Å². The summed E-state index contributed by atoms with van der Waals surface area (Å²) in [6, 6.07) is 1.84. The van der Waals surface area contributed by atoms with E-state index in [-0.39, 0.29) is 11.8 Å². The summed E-state index contributed by atoms with van der Waals surface area (Å²) in [5.41, 5.74) is 0.728. The van der Waals surface area contributed by atoms with Crippen LogP contribution in [0.3, 0.4) is 0 Å². The van der Waals surface area contributed by atoms with Gasteiger partial charge in [0.25, 0.3) is 5.91 Å². The molecular formula is C15H21N3O2. The van der Waals surface area contributed by atoms with Crippen LogP contribution in [0.15, 0.2) is 18.5 Å². The molecule has 20 heavy (non-hydrogen) atoms. The molecule has 2 aliphatic rings. The van der Waals surface area contributed by atoms with Gasteiger partial charge in [-0.05, 0) is 18.9 Å². The molecule has 0 unspecified atom stereocenters. The highest BCUT2D eigenvalue weighted by molar-refractivity contribution is 5.94. The Morgan fingerprint density at radius 2 is 1.75 bits per heavy atom. The molecule has 0 N–H and O–H groups in total. The van der Waals surface area contributed by atoms with Crippen molar-refractivity contribution in [2.24, 2.45) is 13.0 Å². The van der Waals surface area contributed by atoms with Crippen LogP contribution in [0.4, 0.5) is 0 Å². The fourth-order valence-electron chi connectivity index (χ4n) is 2.86. The molecule has 1 aliphatic heterocycles. The Kier molecular flexibility index (Phi) is 3.51. The normalized spacial score (nSPS) is 19.9. The van der Waals surface area contributed by atoms with Gasteiger partial charge in [-0.3, -0.25) is 9.59 Å². The van der Waals surface area contributed by atoms with Crippen molar-refractivity contribution in [3.8, 4) is 0 Å². The minimum absolute atomic E-state index is 0.0707. The summed E-state index contributed by atoms with van der Waals surface area (Å²) < 4.78 is 1.88. The van der Waals surface area contributed by atoms with Crippen molar-refractivity contribution in [3.05, 3.63) is 24.0 Å². The number of amides is 2. The van der Waals surface area contributed by atoms with Crippen LogP contribution in [0.1, 0.15) is 29.6 Å². The van der Waals surface area contributed by atoms with Gasteiger partial charge < -0.3 is 14.4 Å². The maximum Gasteiger partial charge on any atom is 0.255 e. The smallest absolute Gasteiger partial charge is 0.255 e. The van der Waals surface area contributed by atoms with E-state index in [4.69, 9.17) is 0 Å². The number of carbonyl (C=O) groups is 2. The molecule has 5 heteroatoms. The zero-order chi connectivity index (χ0) is 14.1. The molecule has 1 saturated heterocycles. The summed E-state index contributed by atoms with van der Waals surface area (Å²) in [6.07, 6.45) is 6.99. The molecule has 3 rings (SSSR count). The van der Waals surface area contributed by atoms with Gasteiger partial charge in [0.05, 0.1) is 5.56 Å². The van der Waals surface area contributed by atoms with Crippen LogP contribution in [0, 0.1) is 5.92 Å². The van der Waals surface area contributed by atoms with E-state index in [1.165, 1.54) is 6.42 Å². The molecule has 2 fully saturated rings. The number of piperazine rings is 1. The van der Waals surface area contributed by atoms with Gasteiger partial charge in [-0.25, -0.2) is 0 Å². The Bertz CT molecular complexity index is 511. The summed E-state index contributed by atoms with van der Waals surface area (Å²) in [5, 5.41) is 0. The van der Waals surface area contributed by atoms with Crippen molar-refractivity contribution in [3.63, 3.8) is 0 Å². The van der Waals surface area contributed by atoms with Crippen LogP contribution < -0.4 is 0 Å². The number of hydrogen-bond acceptors (Lipinski definition) is 2. The summed E-state index contributed by atoms with van der Waals surface area (Å²) >= 11 is 0. The second-order valence-corrected chi connectivity index (χ2v) is 5.81. The van der Waals surface area contributed by atoms with Gasteiger partial charge in [-0.2, -0.15) is 0 Å². The van der Waals surface area contributed by atoms with Crippen molar-refractivity contribution in [1.82, 2.24) is 14.4 Å². The first kappa shape index (κ1) is 13.2. The summed E-state index contributed by atoms with van der Waals surface area (Å²) in [6.45, 7) is 2.64. The van der Waals surface area contributed by atoms with E-state index in [0.717, 1.165) is 18.4 Å². The topological polar surface area (TPSA) is 45.6 Å². The van der Waals surface area contributed by atoms with E-state index < -0.39 is 0 Å². The Morgan fingerprint density at radius 1 is 1.10 bits per heavy atom. The van der Waals surface area contributed by atoms with Crippen LogP contribution in [0.2, 0.25) is 0 Å². The molecule has 0 bridgehead atoms. The molecule has 0 aromatic carbocycles. The van der Waals surface area contributed by atoms with E-state index >= 15 is 0 Å². The minimum atomic E-state index is 0.0707. The number of hydrogen-bond donors (Lipinski definition) is 0. The second kappa shape index (κ2) is 5.31. The standard InChI is InChI=1S/C15H21N3O2/c1-16-6-5-13(11-16)15(20)18-9-7-17(8-10-18)14(19)12-3-2-4-12/h5-6,11-12H,2-4,7-10H2,1H3. The molecule has 108 valence electrons. The first-order valence-corrected chi connectivity index (χ1v) is 7.35. The lowest BCUT2D eigenvalue weighted by Gasteiger charge is -2.38. The van der Waals surface area contributed by atoms with Gasteiger partial charge in [0, 0.05) is 51.5 Å². The summed E-state index contributed by atoms with van der Waals surface area (Å²) in [5.74, 6) is 0.621. The van der Waals surface area contributed by atoms with Gasteiger partial charge in [-0.1, -0.05) is 6.42 Å². The monoisotopic (exact) mass is 275 g/mol. The molecule has 0 atom stereocenters. The van der Waals surface area contributed by atoms with Crippen molar-refractivity contribution in [2.75, 3.05) is 26.2 Å². The highest BCUT2D eigenvalue weighted by Crippen LogP contribution is 2.28. The molecular weight excluding hydrogens is 254 g/mol. The fraction of sp³-hybridized carbons (Fsp3) is 0.600. The third-order valence-electron chi connectivity index (χ3n) is 4.41. The van der Waals surface area contributed by atoms with Crippen LogP contribution >= 0.6 is 0 Å². The zero-order valence-corrected chi connectivity index (χ0v) is 11.9. The van der Waals surface area contributed by atoms with Gasteiger partial charge in [-0.15, -0.1) is 0 Å². The molecule has 2 heterocycles. The van der Waals surface area contributed by atoms with E-state index in [2.05, 4.69) is 0 Å². The van der Waals surface area contributed by atoms with Crippen LogP contribution in [0.25, 0.3) is 0 Å². The predicted molar refractivity (Wildman–Crippen MR) is 75.2 cm³/mol. The maximum atomic E-state index is 12.3. The molecule has 5 nitrogen and oxygen atoms in total. The highest BCUT2D eigenvalue weighted by atomic mass is 16.2. The number of aryl methyl sites for hydroxylation is 1. The lowest BCUT2D eigenvalue weighted by molar-refractivity contribution is -0.139. The Balaban J connectivity index is 1.55. The molecule has 1 aliphatic carbocycles. The van der Waals surface area contributed by atoms with E-state index in [0.29, 0.717) is 32.1 Å². The first-order chi connectivity index (χ1) is 9.65. The number of nitrogens with zero attached hydrogens (tertiary/aromatic N) is 3. The third-order valence-corrected chi connectivity index (χ3v) is 4.41. The quantitative estimate of drug-likeness (QED) is 0.811. The largest absolute Gasteiger partial charge is 0.356 e. The van der Waals surface area contributed by atoms with Gasteiger partial charge in [0.1, 0.15) is 0 Å². The van der Waals surface area contributed by atoms with Gasteiger partial charge in [0.2, 0.25) is 5.91 Å². The summed E-state index contributed by atoms with van der Waals surface area (Å²) in [7, 11) is 1.91. The SMILES string of the molecule is Cn1ccc(C(=O)N2CCN(C(=O)C3CCC3)CC2)c1. The van der Waals surface area contributed by atoms with Crippen molar-refractivity contribution < 1.29 is 9.59 Å². The van der Waals surface area contributed by atoms with E-state index in [9.17, 15) is 9.59 Å². The van der Waals surface area contributed by atoms with Gasteiger partial charge in [0.15, 0.2) is 0 Å². The predicted octanol–water partition coefficient (Wildman–Crippen LogP) is 1.11. The van der Waals surface area contributed by atoms with Gasteiger partial charge >= 0.3 is 0 Å². The Labute approximate surface area is 119 Å². The van der Waals surface area contributed by atoms with E-state index in [1.807, 2.05) is 39.9 Å². The molecule has 0 radical (unpaired) electrons. The van der Waals surface area contributed by atoms with E-state index in [1.54, 1.807) is 0 Å². The molecule has 1 saturated carbocycles. The third kappa shape index (κ3) is 2.44. The highest BCUT2D eigenvalue weighted by Gasteiger charge is 2.32. The maximum absolute atomic E-state index is 12.3. The lowest BCUT2D eigenvalue weighted by Crippen LogP contribution is -2.52. The Hall–Kier alpha value is -1.78. The number of aromatic nitrogens is 1. The minimum Gasteiger partial charge on any atom is -0.356 e. The van der Waals surface area contributed by atoms with Crippen LogP contribution in [0.5, 0.6) is 0 Å². The molecule has 1 aromatic heterocycles.